The Morgan fingerprint density at radius 2 is 2.20 bits per heavy atom. The Bertz CT molecular complexity index is 647. The van der Waals surface area contributed by atoms with Gasteiger partial charge in [0.1, 0.15) is 5.82 Å². The number of Topliss-reactive ketones (excluding diaryl/α,β-unsaturated/α-hetero) is 1. The molecule has 0 aliphatic heterocycles. The lowest BCUT2D eigenvalue weighted by Crippen LogP contribution is -2.13. The SMILES string of the molecule is CC(C)c1nccn1CC(=O)c1cccc([N+](=O)[O-])c1. The zero-order valence-corrected chi connectivity index (χ0v) is 11.3. The van der Waals surface area contributed by atoms with Crippen LogP contribution < -0.4 is 0 Å². The molecule has 2 aromatic rings. The van der Waals surface area contributed by atoms with E-state index >= 15 is 0 Å². The third kappa shape index (κ3) is 2.90. The third-order valence-corrected chi connectivity index (χ3v) is 2.96. The van der Waals surface area contributed by atoms with Crippen molar-refractivity contribution in [3.63, 3.8) is 0 Å². The standard InChI is InChI=1S/C14H15N3O3/c1-10(2)14-15-6-7-16(14)9-13(18)11-4-3-5-12(8-11)17(19)20/h3-8,10H,9H2,1-2H3. The average molecular weight is 273 g/mol. The minimum absolute atomic E-state index is 0.0782. The van der Waals surface area contributed by atoms with Crippen LogP contribution in [0.2, 0.25) is 0 Å². The Morgan fingerprint density at radius 1 is 1.45 bits per heavy atom. The zero-order valence-electron chi connectivity index (χ0n) is 11.3. The van der Waals surface area contributed by atoms with E-state index in [1.54, 1.807) is 23.0 Å². The fraction of sp³-hybridized carbons (Fsp3) is 0.286. The molecule has 0 spiro atoms. The van der Waals surface area contributed by atoms with Gasteiger partial charge in [-0.15, -0.1) is 0 Å². The molecule has 0 aliphatic rings. The molecule has 0 unspecified atom stereocenters. The molecule has 6 heteroatoms. The molecule has 0 radical (unpaired) electrons. The van der Waals surface area contributed by atoms with Crippen LogP contribution in [0.4, 0.5) is 5.69 Å². The van der Waals surface area contributed by atoms with E-state index in [4.69, 9.17) is 0 Å². The van der Waals surface area contributed by atoms with Crippen molar-refractivity contribution in [1.29, 1.82) is 0 Å². The van der Waals surface area contributed by atoms with Gasteiger partial charge in [0.15, 0.2) is 5.78 Å². The Hall–Kier alpha value is -2.50. The molecule has 104 valence electrons. The quantitative estimate of drug-likeness (QED) is 0.476. The maximum absolute atomic E-state index is 12.2. The predicted octanol–water partition coefficient (Wildman–Crippen LogP) is 2.80. The van der Waals surface area contributed by atoms with Crippen LogP contribution in [0, 0.1) is 10.1 Å². The van der Waals surface area contributed by atoms with Gasteiger partial charge in [-0.2, -0.15) is 0 Å². The van der Waals surface area contributed by atoms with Crippen LogP contribution in [0.5, 0.6) is 0 Å². The van der Waals surface area contributed by atoms with E-state index in [1.165, 1.54) is 18.2 Å². The predicted molar refractivity (Wildman–Crippen MR) is 73.7 cm³/mol. The Balaban J connectivity index is 2.22. The van der Waals surface area contributed by atoms with Crippen molar-refractivity contribution < 1.29 is 9.72 Å². The topological polar surface area (TPSA) is 78.0 Å². The summed E-state index contributed by atoms with van der Waals surface area (Å²) in [7, 11) is 0. The highest BCUT2D eigenvalue weighted by Gasteiger charge is 2.14. The highest BCUT2D eigenvalue weighted by molar-refractivity contribution is 5.96. The molecule has 0 fully saturated rings. The number of ketones is 1. The van der Waals surface area contributed by atoms with Gasteiger partial charge in [-0.3, -0.25) is 14.9 Å². The molecule has 0 atom stereocenters. The molecule has 2 rings (SSSR count). The normalized spacial score (nSPS) is 10.8. The Kier molecular flexibility index (Phi) is 3.93. The van der Waals surface area contributed by atoms with Crippen molar-refractivity contribution >= 4 is 11.5 Å². The Labute approximate surface area is 116 Å². The van der Waals surface area contributed by atoms with Crippen LogP contribution in [-0.2, 0) is 6.54 Å². The second-order valence-electron chi connectivity index (χ2n) is 4.80. The number of imidazole rings is 1. The summed E-state index contributed by atoms with van der Waals surface area (Å²) in [5.41, 5.74) is 0.258. The van der Waals surface area contributed by atoms with Crippen LogP contribution in [-0.4, -0.2) is 20.3 Å². The van der Waals surface area contributed by atoms with Crippen molar-refractivity contribution in [3.05, 3.63) is 58.2 Å². The first-order valence-corrected chi connectivity index (χ1v) is 6.27. The number of carbonyl (C=O) groups is 1. The third-order valence-electron chi connectivity index (χ3n) is 2.96. The number of nitro groups is 1. The number of carbonyl (C=O) groups excluding carboxylic acids is 1. The van der Waals surface area contributed by atoms with Gasteiger partial charge in [0.2, 0.25) is 0 Å². The molecule has 0 bridgehead atoms. The minimum Gasteiger partial charge on any atom is -0.327 e. The van der Waals surface area contributed by atoms with E-state index in [2.05, 4.69) is 4.98 Å². The van der Waals surface area contributed by atoms with Crippen molar-refractivity contribution in [2.24, 2.45) is 0 Å². The van der Waals surface area contributed by atoms with Crippen LogP contribution in [0.3, 0.4) is 0 Å². The second kappa shape index (κ2) is 5.64. The molecule has 0 N–H and O–H groups in total. The molecule has 6 nitrogen and oxygen atoms in total. The van der Waals surface area contributed by atoms with Gasteiger partial charge in [0.25, 0.3) is 5.69 Å². The van der Waals surface area contributed by atoms with Crippen LogP contribution >= 0.6 is 0 Å². The van der Waals surface area contributed by atoms with Crippen molar-refractivity contribution in [2.45, 2.75) is 26.3 Å². The number of hydrogen-bond donors (Lipinski definition) is 0. The molecule has 0 amide bonds. The molecule has 1 aromatic carbocycles. The van der Waals surface area contributed by atoms with Crippen molar-refractivity contribution in [2.75, 3.05) is 0 Å². The number of nitro benzene ring substituents is 1. The van der Waals surface area contributed by atoms with Gasteiger partial charge in [0.05, 0.1) is 11.5 Å². The first-order valence-electron chi connectivity index (χ1n) is 6.27. The summed E-state index contributed by atoms with van der Waals surface area (Å²) >= 11 is 0. The molecule has 1 heterocycles. The zero-order chi connectivity index (χ0) is 14.7. The molecule has 0 aliphatic carbocycles. The number of aromatic nitrogens is 2. The van der Waals surface area contributed by atoms with E-state index in [0.29, 0.717) is 5.56 Å². The number of benzene rings is 1. The van der Waals surface area contributed by atoms with Crippen LogP contribution in [0.15, 0.2) is 36.7 Å². The molecule has 20 heavy (non-hydrogen) atoms. The van der Waals surface area contributed by atoms with Gasteiger partial charge in [0, 0.05) is 36.0 Å². The van der Waals surface area contributed by atoms with Crippen LogP contribution in [0.1, 0.15) is 35.9 Å². The van der Waals surface area contributed by atoms with E-state index in [1.807, 2.05) is 13.8 Å². The molecule has 0 saturated heterocycles. The molecule has 0 saturated carbocycles. The van der Waals surface area contributed by atoms with Gasteiger partial charge >= 0.3 is 0 Å². The first kappa shape index (κ1) is 13.9. The highest BCUT2D eigenvalue weighted by Crippen LogP contribution is 2.16. The van der Waals surface area contributed by atoms with E-state index in [9.17, 15) is 14.9 Å². The van der Waals surface area contributed by atoms with E-state index in [0.717, 1.165) is 5.82 Å². The number of non-ortho nitro benzene ring substituents is 1. The summed E-state index contributed by atoms with van der Waals surface area (Å²) in [6, 6.07) is 5.77. The monoisotopic (exact) mass is 273 g/mol. The second-order valence-corrected chi connectivity index (χ2v) is 4.80. The summed E-state index contributed by atoms with van der Waals surface area (Å²) in [4.78, 5) is 26.6. The summed E-state index contributed by atoms with van der Waals surface area (Å²) in [5.74, 6) is 0.861. The lowest BCUT2D eigenvalue weighted by Gasteiger charge is -2.09. The minimum atomic E-state index is -0.506. The first-order chi connectivity index (χ1) is 9.49. The largest absolute Gasteiger partial charge is 0.327 e. The lowest BCUT2D eigenvalue weighted by molar-refractivity contribution is -0.384. The van der Waals surface area contributed by atoms with Gasteiger partial charge in [-0.25, -0.2) is 4.98 Å². The average Bonchev–Trinajstić information content (AvgIpc) is 2.87. The van der Waals surface area contributed by atoms with E-state index in [-0.39, 0.29) is 23.9 Å². The summed E-state index contributed by atoms with van der Waals surface area (Å²) < 4.78 is 1.77. The van der Waals surface area contributed by atoms with E-state index < -0.39 is 4.92 Å². The summed E-state index contributed by atoms with van der Waals surface area (Å²) in [5, 5.41) is 10.7. The summed E-state index contributed by atoms with van der Waals surface area (Å²) in [6.45, 7) is 4.13. The van der Waals surface area contributed by atoms with Crippen molar-refractivity contribution in [3.8, 4) is 0 Å². The maximum atomic E-state index is 12.2. The van der Waals surface area contributed by atoms with Gasteiger partial charge < -0.3 is 4.57 Å². The van der Waals surface area contributed by atoms with Crippen molar-refractivity contribution in [1.82, 2.24) is 9.55 Å². The fourth-order valence-electron chi connectivity index (χ4n) is 1.99. The van der Waals surface area contributed by atoms with Gasteiger partial charge in [-0.05, 0) is 0 Å². The summed E-state index contributed by atoms with van der Waals surface area (Å²) in [6.07, 6.45) is 3.39. The van der Waals surface area contributed by atoms with Crippen LogP contribution in [0.25, 0.3) is 0 Å². The Morgan fingerprint density at radius 3 is 2.85 bits per heavy atom. The molecular weight excluding hydrogens is 258 g/mol. The highest BCUT2D eigenvalue weighted by atomic mass is 16.6. The number of rotatable bonds is 5. The maximum Gasteiger partial charge on any atom is 0.270 e. The molecular formula is C14H15N3O3. The molecule has 1 aromatic heterocycles. The number of hydrogen-bond acceptors (Lipinski definition) is 4. The number of nitrogens with zero attached hydrogens (tertiary/aromatic N) is 3. The lowest BCUT2D eigenvalue weighted by atomic mass is 10.1. The van der Waals surface area contributed by atoms with Gasteiger partial charge in [-0.1, -0.05) is 26.0 Å². The fourth-order valence-corrected chi connectivity index (χ4v) is 1.99. The smallest absolute Gasteiger partial charge is 0.270 e.